The van der Waals surface area contributed by atoms with Gasteiger partial charge in [-0.15, -0.1) is 0 Å². The van der Waals surface area contributed by atoms with E-state index in [4.69, 9.17) is 14.8 Å². The summed E-state index contributed by atoms with van der Waals surface area (Å²) in [4.78, 5) is 22.0. The number of benzene rings is 2. The monoisotopic (exact) mass is 391 g/mol. The SMILES string of the molecule is COc1ccc(N(C)c2nc(/C=C/CCCCC(=O)O)nc3ccccc23)cc1. The van der Waals surface area contributed by atoms with Crippen molar-refractivity contribution in [1.82, 2.24) is 9.97 Å². The van der Waals surface area contributed by atoms with Crippen LogP contribution in [0.3, 0.4) is 0 Å². The molecule has 0 aliphatic heterocycles. The Morgan fingerprint density at radius 2 is 1.86 bits per heavy atom. The lowest BCUT2D eigenvalue weighted by Crippen LogP contribution is -2.13. The van der Waals surface area contributed by atoms with Crippen molar-refractivity contribution in [3.8, 4) is 5.75 Å². The summed E-state index contributed by atoms with van der Waals surface area (Å²) in [5, 5.41) is 9.68. The zero-order valence-electron chi connectivity index (χ0n) is 16.7. The maximum atomic E-state index is 10.6. The summed E-state index contributed by atoms with van der Waals surface area (Å²) in [6, 6.07) is 15.8. The third-order valence-electron chi connectivity index (χ3n) is 4.66. The largest absolute Gasteiger partial charge is 0.497 e. The van der Waals surface area contributed by atoms with Crippen LogP contribution in [-0.4, -0.2) is 35.2 Å². The summed E-state index contributed by atoms with van der Waals surface area (Å²) in [5.41, 5.74) is 1.88. The summed E-state index contributed by atoms with van der Waals surface area (Å²) in [7, 11) is 3.63. The van der Waals surface area contributed by atoms with E-state index in [-0.39, 0.29) is 6.42 Å². The quantitative estimate of drug-likeness (QED) is 0.514. The van der Waals surface area contributed by atoms with E-state index >= 15 is 0 Å². The maximum absolute atomic E-state index is 10.6. The predicted molar refractivity (Wildman–Crippen MR) is 116 cm³/mol. The van der Waals surface area contributed by atoms with Gasteiger partial charge in [-0.05, 0) is 61.7 Å². The number of hydrogen-bond donors (Lipinski definition) is 1. The van der Waals surface area contributed by atoms with E-state index in [1.165, 1.54) is 0 Å². The average Bonchev–Trinajstić information content (AvgIpc) is 2.75. The molecule has 0 fully saturated rings. The molecule has 29 heavy (non-hydrogen) atoms. The van der Waals surface area contributed by atoms with Crippen LogP contribution >= 0.6 is 0 Å². The Morgan fingerprint density at radius 1 is 1.10 bits per heavy atom. The summed E-state index contributed by atoms with van der Waals surface area (Å²) in [6.45, 7) is 0. The highest BCUT2D eigenvalue weighted by molar-refractivity contribution is 5.92. The average molecular weight is 391 g/mol. The molecule has 0 bridgehead atoms. The molecule has 0 unspecified atom stereocenters. The summed E-state index contributed by atoms with van der Waals surface area (Å²) in [5.74, 6) is 1.52. The van der Waals surface area contributed by atoms with Gasteiger partial charge in [0.05, 0.1) is 12.6 Å². The standard InChI is InChI=1S/C23H25N3O3/c1-26(17-13-15-18(29-2)16-14-17)23-19-9-7-8-10-20(19)24-21(25-23)11-5-3-4-6-12-22(27)28/h5,7-11,13-16H,3-4,6,12H2,1-2H3,(H,27,28)/b11-5+. The fourth-order valence-corrected chi connectivity index (χ4v) is 3.06. The number of hydrogen-bond acceptors (Lipinski definition) is 5. The van der Waals surface area contributed by atoms with Gasteiger partial charge in [0.15, 0.2) is 5.82 Å². The minimum Gasteiger partial charge on any atom is -0.497 e. The third-order valence-corrected chi connectivity index (χ3v) is 4.66. The van der Waals surface area contributed by atoms with Crippen LogP contribution in [-0.2, 0) is 4.79 Å². The number of carboxylic acid groups (broad SMARTS) is 1. The van der Waals surface area contributed by atoms with Gasteiger partial charge in [0.1, 0.15) is 11.6 Å². The van der Waals surface area contributed by atoms with Crippen molar-refractivity contribution in [3.63, 3.8) is 0 Å². The predicted octanol–water partition coefficient (Wildman–Crippen LogP) is 5.06. The smallest absolute Gasteiger partial charge is 0.303 e. The molecule has 0 aliphatic rings. The van der Waals surface area contributed by atoms with Gasteiger partial charge in [-0.1, -0.05) is 18.2 Å². The van der Waals surface area contributed by atoms with Crippen molar-refractivity contribution < 1.29 is 14.6 Å². The summed E-state index contributed by atoms with van der Waals surface area (Å²) in [6.07, 6.45) is 6.41. The second-order valence-electron chi connectivity index (χ2n) is 6.72. The number of carbonyl (C=O) groups is 1. The first-order chi connectivity index (χ1) is 14.1. The number of rotatable bonds is 9. The number of methoxy groups -OCH3 is 1. The van der Waals surface area contributed by atoms with Crippen LogP contribution in [0.5, 0.6) is 5.75 Å². The van der Waals surface area contributed by atoms with Gasteiger partial charge in [0.2, 0.25) is 0 Å². The molecule has 1 heterocycles. The Hall–Kier alpha value is -3.41. The fourth-order valence-electron chi connectivity index (χ4n) is 3.06. The van der Waals surface area contributed by atoms with E-state index in [2.05, 4.69) is 4.98 Å². The molecule has 2 aromatic carbocycles. The van der Waals surface area contributed by atoms with Crippen molar-refractivity contribution in [2.75, 3.05) is 19.1 Å². The van der Waals surface area contributed by atoms with Crippen molar-refractivity contribution in [2.24, 2.45) is 0 Å². The van der Waals surface area contributed by atoms with Crippen molar-refractivity contribution in [1.29, 1.82) is 0 Å². The molecule has 0 radical (unpaired) electrons. The number of para-hydroxylation sites is 1. The second kappa shape index (κ2) is 9.68. The lowest BCUT2D eigenvalue weighted by Gasteiger charge is -2.20. The number of aliphatic carboxylic acids is 1. The zero-order chi connectivity index (χ0) is 20.6. The Labute approximate surface area is 170 Å². The normalized spacial score (nSPS) is 11.1. The molecule has 1 N–H and O–H groups in total. The number of nitrogens with zero attached hydrogens (tertiary/aromatic N) is 3. The van der Waals surface area contributed by atoms with Gasteiger partial charge >= 0.3 is 5.97 Å². The van der Waals surface area contributed by atoms with Crippen molar-refractivity contribution in [2.45, 2.75) is 25.7 Å². The van der Waals surface area contributed by atoms with Crippen LogP contribution < -0.4 is 9.64 Å². The van der Waals surface area contributed by atoms with Crippen LogP contribution in [0.1, 0.15) is 31.5 Å². The molecular weight excluding hydrogens is 366 g/mol. The fraction of sp³-hybridized carbons (Fsp3) is 0.261. The van der Waals surface area contributed by atoms with E-state index in [0.717, 1.165) is 41.0 Å². The first-order valence-electron chi connectivity index (χ1n) is 9.61. The topological polar surface area (TPSA) is 75.5 Å². The maximum Gasteiger partial charge on any atom is 0.303 e. The second-order valence-corrected chi connectivity index (χ2v) is 6.72. The minimum atomic E-state index is -0.752. The van der Waals surface area contributed by atoms with Gasteiger partial charge in [-0.2, -0.15) is 0 Å². The number of aromatic nitrogens is 2. The van der Waals surface area contributed by atoms with E-state index in [1.54, 1.807) is 7.11 Å². The van der Waals surface area contributed by atoms with Gasteiger partial charge in [0.25, 0.3) is 0 Å². The highest BCUT2D eigenvalue weighted by Gasteiger charge is 2.12. The molecule has 3 rings (SSSR count). The molecule has 0 aliphatic carbocycles. The lowest BCUT2D eigenvalue weighted by atomic mass is 10.2. The molecule has 6 nitrogen and oxygen atoms in total. The summed E-state index contributed by atoms with van der Waals surface area (Å²) >= 11 is 0. The van der Waals surface area contributed by atoms with Crippen LogP contribution in [0.15, 0.2) is 54.6 Å². The van der Waals surface area contributed by atoms with E-state index < -0.39 is 5.97 Å². The number of unbranched alkanes of at least 4 members (excludes halogenated alkanes) is 2. The van der Waals surface area contributed by atoms with Crippen LogP contribution in [0.4, 0.5) is 11.5 Å². The molecule has 0 spiro atoms. The molecule has 6 heteroatoms. The number of carboxylic acids is 1. The number of fused-ring (bicyclic) bond motifs is 1. The van der Waals surface area contributed by atoms with E-state index in [0.29, 0.717) is 12.2 Å². The van der Waals surface area contributed by atoms with Gasteiger partial charge in [-0.3, -0.25) is 4.79 Å². The Bertz CT molecular complexity index is 1000. The Kier molecular flexibility index (Phi) is 6.79. The molecule has 0 saturated carbocycles. The number of ether oxygens (including phenoxy) is 1. The Morgan fingerprint density at radius 3 is 2.59 bits per heavy atom. The first kappa shape index (κ1) is 20.3. The summed E-state index contributed by atoms with van der Waals surface area (Å²) < 4.78 is 5.24. The minimum absolute atomic E-state index is 0.205. The molecule has 0 amide bonds. The highest BCUT2D eigenvalue weighted by Crippen LogP contribution is 2.30. The Balaban J connectivity index is 1.84. The van der Waals surface area contributed by atoms with Crippen LogP contribution in [0, 0.1) is 0 Å². The molecule has 3 aromatic rings. The third kappa shape index (κ3) is 5.31. The van der Waals surface area contributed by atoms with E-state index in [9.17, 15) is 4.79 Å². The molecule has 1 aromatic heterocycles. The number of allylic oxidation sites excluding steroid dienone is 1. The first-order valence-corrected chi connectivity index (χ1v) is 9.61. The van der Waals surface area contributed by atoms with Gasteiger partial charge in [-0.25, -0.2) is 9.97 Å². The van der Waals surface area contributed by atoms with Crippen molar-refractivity contribution in [3.05, 3.63) is 60.4 Å². The molecule has 0 atom stereocenters. The molecule has 0 saturated heterocycles. The number of anilines is 2. The van der Waals surface area contributed by atoms with Gasteiger partial charge < -0.3 is 14.7 Å². The van der Waals surface area contributed by atoms with Crippen LogP contribution in [0.25, 0.3) is 17.0 Å². The molecule has 150 valence electrons. The van der Waals surface area contributed by atoms with Crippen LogP contribution in [0.2, 0.25) is 0 Å². The highest BCUT2D eigenvalue weighted by atomic mass is 16.5. The molecular formula is C23H25N3O3. The zero-order valence-corrected chi connectivity index (χ0v) is 16.7. The van der Waals surface area contributed by atoms with Gasteiger partial charge in [0, 0.05) is 24.5 Å². The van der Waals surface area contributed by atoms with E-state index in [1.807, 2.05) is 72.6 Å². The lowest BCUT2D eigenvalue weighted by molar-refractivity contribution is -0.137. The van der Waals surface area contributed by atoms with Crippen molar-refractivity contribution >= 4 is 34.5 Å².